The second kappa shape index (κ2) is 11.1. The van der Waals surface area contributed by atoms with Crippen LogP contribution in [0.3, 0.4) is 0 Å². The molecule has 37 heavy (non-hydrogen) atoms. The number of aromatic nitrogens is 4. The predicted molar refractivity (Wildman–Crippen MR) is 129 cm³/mol. The molecule has 2 aromatic heterocycles. The number of nitrogen functional groups attached to an aromatic ring is 1. The van der Waals surface area contributed by atoms with Crippen molar-refractivity contribution in [2.24, 2.45) is 0 Å². The summed E-state index contributed by atoms with van der Waals surface area (Å²) in [6.07, 6.45) is -4.03. The molecule has 0 aliphatic carbocycles. The summed E-state index contributed by atoms with van der Waals surface area (Å²) < 4.78 is 51.9. The number of carbonyl (C=O) groups is 1. The van der Waals surface area contributed by atoms with E-state index in [0.717, 1.165) is 0 Å². The van der Waals surface area contributed by atoms with E-state index in [1.54, 1.807) is 44.2 Å². The van der Waals surface area contributed by atoms with Crippen LogP contribution >= 0.6 is 7.75 Å². The Morgan fingerprint density at radius 3 is 2.70 bits per heavy atom. The third-order valence-corrected chi connectivity index (χ3v) is 7.03. The summed E-state index contributed by atoms with van der Waals surface area (Å²) in [6.45, 7) is 4.24. The lowest BCUT2D eigenvalue weighted by Crippen LogP contribution is -2.37. The van der Waals surface area contributed by atoms with E-state index >= 15 is 4.39 Å². The van der Waals surface area contributed by atoms with Crippen molar-refractivity contribution in [3.05, 3.63) is 43.0 Å². The molecule has 3 heterocycles. The van der Waals surface area contributed by atoms with Crippen LogP contribution in [0.5, 0.6) is 5.75 Å². The molecule has 200 valence electrons. The summed E-state index contributed by atoms with van der Waals surface area (Å²) in [5.74, 6) is -0.378. The number of fused-ring (bicyclic) bond motifs is 1. The Labute approximate surface area is 211 Å². The van der Waals surface area contributed by atoms with Crippen LogP contribution < -0.4 is 15.3 Å². The number of benzene rings is 1. The van der Waals surface area contributed by atoms with Crippen LogP contribution in [0.15, 0.2) is 43.0 Å². The highest BCUT2D eigenvalue weighted by atomic mass is 31.2. The molecule has 1 aliphatic rings. The van der Waals surface area contributed by atoms with E-state index in [1.807, 2.05) is 0 Å². The Balaban J connectivity index is 1.50. The zero-order valence-corrected chi connectivity index (χ0v) is 21.2. The van der Waals surface area contributed by atoms with Crippen molar-refractivity contribution >= 4 is 30.7 Å². The first-order valence-corrected chi connectivity index (χ1v) is 13.0. The normalized spacial score (nSPS) is 24.2. The molecule has 0 bridgehead atoms. The molecule has 0 spiro atoms. The highest BCUT2D eigenvalue weighted by Crippen LogP contribution is 2.46. The van der Waals surface area contributed by atoms with Crippen LogP contribution in [-0.2, 0) is 23.4 Å². The second-order valence-electron chi connectivity index (χ2n) is 8.62. The van der Waals surface area contributed by atoms with Crippen LogP contribution in [0.25, 0.3) is 11.2 Å². The number of halogens is 1. The number of ether oxygens (including phenoxy) is 2. The van der Waals surface area contributed by atoms with Gasteiger partial charge in [-0.05, 0) is 32.9 Å². The first kappa shape index (κ1) is 26.9. The zero-order chi connectivity index (χ0) is 26.7. The largest absolute Gasteiger partial charge is 0.462 e. The average molecular weight is 538 g/mol. The Kier molecular flexibility index (Phi) is 8.05. The van der Waals surface area contributed by atoms with Crippen LogP contribution in [0.2, 0.25) is 0 Å². The average Bonchev–Trinajstić information content (AvgIpc) is 3.40. The molecule has 0 amide bonds. The molecular weight excluding hydrogens is 510 g/mol. The predicted octanol–water partition coefficient (Wildman–Crippen LogP) is 2.14. The minimum atomic E-state index is -4.24. The van der Waals surface area contributed by atoms with Gasteiger partial charge in [0.2, 0.25) is 0 Å². The fraction of sp³-hybridized carbons (Fsp3) is 0.455. The first-order chi connectivity index (χ1) is 17.6. The standard InChI is InChI=1S/C22H28FN6O7P/c1-12(2)34-22(31)13(3)28-37(32,36-14-7-5-4-6-8-14)33-9-15-18(30)16(23)21(35-15)29-11-27-17-19(24)25-10-26-20(17)29/h4-8,10-13,15-16,18,21,30H,9H2,1-3H3,(H,28,32)(H2,24,25,26)/t13-,15+,16-,18?,21+,37?/m0/s1. The van der Waals surface area contributed by atoms with Gasteiger partial charge in [0.1, 0.15) is 35.8 Å². The van der Waals surface area contributed by atoms with Gasteiger partial charge in [-0.25, -0.2) is 23.9 Å². The van der Waals surface area contributed by atoms with Gasteiger partial charge in [0.25, 0.3) is 0 Å². The maximum atomic E-state index is 15.1. The summed E-state index contributed by atoms with van der Waals surface area (Å²) in [5.41, 5.74) is 6.25. The maximum absolute atomic E-state index is 15.1. The Hall–Kier alpha value is -3.16. The lowest BCUT2D eigenvalue weighted by molar-refractivity contribution is -0.149. The molecule has 0 saturated carbocycles. The molecule has 13 nitrogen and oxygen atoms in total. The summed E-state index contributed by atoms with van der Waals surface area (Å²) in [7, 11) is -4.24. The van der Waals surface area contributed by atoms with Crippen LogP contribution in [0.4, 0.5) is 10.2 Å². The number of carbonyl (C=O) groups excluding carboxylic acids is 1. The molecule has 15 heteroatoms. The number of aliphatic hydroxyl groups is 1. The number of nitrogens with one attached hydrogen (secondary N) is 1. The number of imidazole rings is 1. The van der Waals surface area contributed by atoms with Gasteiger partial charge in [0.15, 0.2) is 23.9 Å². The quantitative estimate of drug-likeness (QED) is 0.254. The van der Waals surface area contributed by atoms with Gasteiger partial charge < -0.3 is 24.8 Å². The molecule has 1 aromatic carbocycles. The van der Waals surface area contributed by atoms with Crippen LogP contribution in [0, 0.1) is 0 Å². The second-order valence-corrected chi connectivity index (χ2v) is 10.3. The summed E-state index contributed by atoms with van der Waals surface area (Å²) in [4.78, 5) is 24.3. The number of nitrogens with two attached hydrogens (primary N) is 1. The zero-order valence-electron chi connectivity index (χ0n) is 20.3. The van der Waals surface area contributed by atoms with Crippen molar-refractivity contribution in [1.29, 1.82) is 0 Å². The molecule has 3 aromatic rings. The molecule has 1 saturated heterocycles. The molecule has 4 N–H and O–H groups in total. The van der Waals surface area contributed by atoms with E-state index < -0.39 is 57.1 Å². The van der Waals surface area contributed by atoms with E-state index in [9.17, 15) is 14.5 Å². The number of aliphatic hydroxyl groups excluding tert-OH is 1. The lowest BCUT2D eigenvalue weighted by Gasteiger charge is -2.25. The smallest absolute Gasteiger partial charge is 0.459 e. The Bertz CT molecular complexity index is 1280. The van der Waals surface area contributed by atoms with Gasteiger partial charge in [0.05, 0.1) is 19.0 Å². The minimum Gasteiger partial charge on any atom is -0.462 e. The van der Waals surface area contributed by atoms with Gasteiger partial charge in [0, 0.05) is 0 Å². The SMILES string of the molecule is CC(C)OC(=O)[C@H](C)NP(=O)(OC[C@H]1O[C@@H](n2cnc3c(N)ncnc32)[C@@H](F)C1O)Oc1ccccc1. The number of anilines is 1. The molecule has 1 aliphatic heterocycles. The fourth-order valence-electron chi connectivity index (χ4n) is 3.63. The van der Waals surface area contributed by atoms with E-state index in [1.165, 1.54) is 24.1 Å². The Morgan fingerprint density at radius 1 is 1.27 bits per heavy atom. The van der Waals surface area contributed by atoms with Gasteiger partial charge in [-0.2, -0.15) is 5.09 Å². The molecule has 4 rings (SSSR count). The number of hydrogen-bond donors (Lipinski definition) is 3. The molecule has 1 fully saturated rings. The molecule has 2 unspecified atom stereocenters. The van der Waals surface area contributed by atoms with Crippen molar-refractivity contribution in [3.8, 4) is 5.75 Å². The topological polar surface area (TPSA) is 173 Å². The Morgan fingerprint density at radius 2 is 2.00 bits per heavy atom. The van der Waals surface area contributed by atoms with Crippen molar-refractivity contribution in [2.75, 3.05) is 12.3 Å². The molecular formula is C22H28FN6O7P. The number of esters is 1. The fourth-order valence-corrected chi connectivity index (χ4v) is 5.13. The van der Waals surface area contributed by atoms with Crippen molar-refractivity contribution in [3.63, 3.8) is 0 Å². The minimum absolute atomic E-state index is 0.104. The van der Waals surface area contributed by atoms with Gasteiger partial charge >= 0.3 is 13.7 Å². The highest BCUT2D eigenvalue weighted by Gasteiger charge is 2.47. The lowest BCUT2D eigenvalue weighted by atomic mass is 10.1. The van der Waals surface area contributed by atoms with Gasteiger partial charge in [-0.1, -0.05) is 18.2 Å². The third-order valence-electron chi connectivity index (χ3n) is 5.39. The number of hydrogen-bond acceptors (Lipinski definition) is 11. The molecule has 0 radical (unpaired) electrons. The van der Waals surface area contributed by atoms with Crippen LogP contribution in [0.1, 0.15) is 27.0 Å². The van der Waals surface area contributed by atoms with Crippen molar-refractivity contribution in [2.45, 2.75) is 57.5 Å². The summed E-state index contributed by atoms with van der Waals surface area (Å²) in [6, 6.07) is 7.06. The van der Waals surface area contributed by atoms with Crippen molar-refractivity contribution in [1.82, 2.24) is 24.6 Å². The first-order valence-electron chi connectivity index (χ1n) is 11.5. The van der Waals surface area contributed by atoms with Crippen LogP contribution in [-0.4, -0.2) is 67.7 Å². The van der Waals surface area contributed by atoms with Gasteiger partial charge in [-0.3, -0.25) is 13.9 Å². The number of nitrogens with zero attached hydrogens (tertiary/aromatic N) is 4. The van der Waals surface area contributed by atoms with E-state index in [2.05, 4.69) is 20.0 Å². The van der Waals surface area contributed by atoms with E-state index in [-0.39, 0.29) is 22.7 Å². The molecule has 6 atom stereocenters. The maximum Gasteiger partial charge on any atom is 0.459 e. The van der Waals surface area contributed by atoms with E-state index in [0.29, 0.717) is 0 Å². The monoisotopic (exact) mass is 538 g/mol. The van der Waals surface area contributed by atoms with Gasteiger partial charge in [-0.15, -0.1) is 0 Å². The van der Waals surface area contributed by atoms with Crippen molar-refractivity contribution < 1.29 is 37.4 Å². The summed E-state index contributed by atoms with van der Waals surface area (Å²) in [5, 5.41) is 13.0. The third kappa shape index (κ3) is 6.05. The van der Waals surface area contributed by atoms with E-state index in [4.69, 9.17) is 24.3 Å². The number of para-hydroxylation sites is 1. The summed E-state index contributed by atoms with van der Waals surface area (Å²) >= 11 is 0. The number of rotatable bonds is 10. The highest BCUT2D eigenvalue weighted by molar-refractivity contribution is 7.52. The number of alkyl halides is 1.